The monoisotopic (exact) mass is 607 g/mol. The first-order valence-corrected chi connectivity index (χ1v) is 14.7. The van der Waals surface area contributed by atoms with E-state index in [9.17, 15) is 9.59 Å². The molecular weight excluding hydrogens is 574 g/mol. The van der Waals surface area contributed by atoms with Crippen molar-refractivity contribution in [3.05, 3.63) is 59.0 Å². The Morgan fingerprint density at radius 2 is 2.00 bits per heavy atom. The number of carbonyl (C=O) groups is 2. The van der Waals surface area contributed by atoms with Crippen LogP contribution in [0.25, 0.3) is 22.4 Å². The van der Waals surface area contributed by atoms with Crippen LogP contribution in [0.3, 0.4) is 0 Å². The Bertz CT molecular complexity index is 1480. The van der Waals surface area contributed by atoms with E-state index in [0.29, 0.717) is 19.8 Å². The van der Waals surface area contributed by atoms with Crippen molar-refractivity contribution in [3.63, 3.8) is 0 Å². The third-order valence-electron chi connectivity index (χ3n) is 7.84. The van der Waals surface area contributed by atoms with E-state index in [4.69, 9.17) is 19.2 Å². The number of aryl methyl sites for hydroxylation is 1. The quantitative estimate of drug-likeness (QED) is 0.341. The van der Waals surface area contributed by atoms with Crippen molar-refractivity contribution in [2.75, 3.05) is 20.3 Å². The van der Waals surface area contributed by atoms with Gasteiger partial charge < -0.3 is 19.2 Å². The number of aromatic amines is 1. The summed E-state index contributed by atoms with van der Waals surface area (Å²) in [5, 5.41) is 0. The van der Waals surface area contributed by atoms with Gasteiger partial charge in [0.05, 0.1) is 29.4 Å². The van der Waals surface area contributed by atoms with Crippen molar-refractivity contribution in [1.29, 1.82) is 0 Å². The highest BCUT2D eigenvalue weighted by Crippen LogP contribution is 2.43. The van der Waals surface area contributed by atoms with E-state index in [0.717, 1.165) is 69.9 Å². The summed E-state index contributed by atoms with van der Waals surface area (Å²) in [6.45, 7) is 7.18. The number of alkyl halides is 1. The molecule has 210 valence electrons. The summed E-state index contributed by atoms with van der Waals surface area (Å²) in [6, 6.07) is 10.1. The largest absolute Gasteiger partial charge is 0.488 e. The molecule has 0 bridgehead atoms. The lowest BCUT2D eigenvalue weighted by molar-refractivity contribution is 0.0208. The number of methoxy groups -OCH3 is 1. The second-order valence-electron chi connectivity index (χ2n) is 11.9. The number of ketones is 1. The van der Waals surface area contributed by atoms with Crippen LogP contribution in [0.4, 0.5) is 4.79 Å². The minimum absolute atomic E-state index is 0.123. The van der Waals surface area contributed by atoms with Crippen molar-refractivity contribution < 1.29 is 23.8 Å². The van der Waals surface area contributed by atoms with Gasteiger partial charge in [0, 0.05) is 30.7 Å². The van der Waals surface area contributed by atoms with Gasteiger partial charge in [-0.3, -0.25) is 9.69 Å². The van der Waals surface area contributed by atoms with Crippen molar-refractivity contribution in [1.82, 2.24) is 14.9 Å². The van der Waals surface area contributed by atoms with Gasteiger partial charge in [-0.15, -0.1) is 0 Å². The topological polar surface area (TPSA) is 93.8 Å². The molecule has 0 radical (unpaired) electrons. The van der Waals surface area contributed by atoms with Gasteiger partial charge in [0.15, 0.2) is 5.78 Å². The molecule has 3 atom stereocenters. The number of nitrogens with zero attached hydrogens (tertiary/aromatic N) is 2. The molecule has 0 saturated carbocycles. The Morgan fingerprint density at radius 1 is 1.18 bits per heavy atom. The fourth-order valence-electron chi connectivity index (χ4n) is 5.99. The Balaban J connectivity index is 1.27. The molecule has 9 heteroatoms. The molecule has 3 aliphatic rings. The standard InChI is InChI=1S/C31H34BrN3O5/c1-31(2,3)40-30(37)35-14-17(15-38-4)9-26(35)29-33-13-25(34-29)19-5-7-21-20(10-19)16-39-27-12-22-18(11-23(21)27)6-8-24(32)28(22)36/h5,7,10-13,17,24,26H,6,8-9,14-16H2,1-4H3,(H,33,34)/t17-,24?,26-/m0/s1. The predicted octanol–water partition coefficient (Wildman–Crippen LogP) is 6.47. The van der Waals surface area contributed by atoms with Crippen molar-refractivity contribution in [3.8, 4) is 28.1 Å². The number of nitrogens with one attached hydrogen (secondary N) is 1. The zero-order valence-electron chi connectivity index (χ0n) is 23.3. The molecule has 1 saturated heterocycles. The van der Waals surface area contributed by atoms with Gasteiger partial charge >= 0.3 is 6.09 Å². The van der Waals surface area contributed by atoms with E-state index in [-0.39, 0.29) is 28.7 Å². The molecule has 1 aliphatic carbocycles. The van der Waals surface area contributed by atoms with Crippen LogP contribution in [0.15, 0.2) is 36.5 Å². The highest BCUT2D eigenvalue weighted by atomic mass is 79.9. The van der Waals surface area contributed by atoms with Gasteiger partial charge in [0.1, 0.15) is 23.8 Å². The predicted molar refractivity (Wildman–Crippen MR) is 155 cm³/mol. The fraction of sp³-hybridized carbons (Fsp3) is 0.452. The first kappa shape index (κ1) is 27.0. The molecule has 1 amide bonds. The number of imidazole rings is 1. The Hall–Kier alpha value is -3.17. The molecule has 40 heavy (non-hydrogen) atoms. The highest BCUT2D eigenvalue weighted by molar-refractivity contribution is 9.10. The van der Waals surface area contributed by atoms with E-state index >= 15 is 0 Å². The molecule has 2 aliphatic heterocycles. The Morgan fingerprint density at radius 3 is 2.77 bits per heavy atom. The third-order valence-corrected chi connectivity index (χ3v) is 8.71. The maximum atomic E-state index is 13.0. The van der Waals surface area contributed by atoms with Gasteiger partial charge in [0.2, 0.25) is 0 Å². The van der Waals surface area contributed by atoms with Crippen LogP contribution in [0.1, 0.15) is 67.0 Å². The number of Topliss-reactive ketones (excluding diaryl/α,β-unsaturated/α-hetero) is 1. The van der Waals surface area contributed by atoms with Crippen molar-refractivity contribution in [2.45, 2.75) is 63.1 Å². The number of hydrogen-bond donors (Lipinski definition) is 1. The fourth-order valence-corrected chi connectivity index (χ4v) is 6.46. The maximum absolute atomic E-state index is 13.0. The number of halogens is 1. The zero-order chi connectivity index (χ0) is 28.2. The molecule has 3 aromatic rings. The number of H-pyrrole nitrogens is 1. The van der Waals surface area contributed by atoms with Crippen LogP contribution in [0.2, 0.25) is 0 Å². The van der Waals surface area contributed by atoms with Gasteiger partial charge in [-0.05, 0) is 80.5 Å². The molecule has 1 unspecified atom stereocenters. The SMILES string of the molecule is COC[C@H]1C[C@@H](c2ncc(-c3ccc4c(c3)COc3cc5c(cc3-4)CCC(Br)C5=O)[nH]2)N(C(=O)OC(C)(C)C)C1. The third kappa shape index (κ3) is 5.05. The smallest absolute Gasteiger partial charge is 0.410 e. The summed E-state index contributed by atoms with van der Waals surface area (Å²) < 4.78 is 17.2. The zero-order valence-corrected chi connectivity index (χ0v) is 24.8. The van der Waals surface area contributed by atoms with Crippen molar-refractivity contribution >= 4 is 27.8 Å². The summed E-state index contributed by atoms with van der Waals surface area (Å²) in [4.78, 5) is 35.5. The number of aromatic nitrogens is 2. The summed E-state index contributed by atoms with van der Waals surface area (Å²) in [5.74, 6) is 1.83. The molecule has 2 aromatic carbocycles. The number of amides is 1. The number of benzene rings is 2. The van der Waals surface area contributed by atoms with Crippen LogP contribution < -0.4 is 4.74 Å². The average Bonchev–Trinajstić information content (AvgIpc) is 3.57. The molecular formula is C31H34BrN3O5. The number of likely N-dealkylation sites (tertiary alicyclic amines) is 1. The Labute approximate surface area is 242 Å². The van der Waals surface area contributed by atoms with Gasteiger partial charge in [0.25, 0.3) is 0 Å². The van der Waals surface area contributed by atoms with E-state index in [1.54, 1.807) is 12.0 Å². The molecule has 1 aromatic heterocycles. The van der Waals surface area contributed by atoms with E-state index in [1.165, 1.54) is 0 Å². The summed E-state index contributed by atoms with van der Waals surface area (Å²) in [7, 11) is 1.68. The summed E-state index contributed by atoms with van der Waals surface area (Å²) in [6.07, 6.45) is 3.90. The first-order valence-electron chi connectivity index (χ1n) is 13.8. The van der Waals surface area contributed by atoms with E-state index in [2.05, 4.69) is 45.2 Å². The second-order valence-corrected chi connectivity index (χ2v) is 13.0. The number of fused-ring (bicyclic) bond motifs is 4. The van der Waals surface area contributed by atoms with Crippen LogP contribution in [-0.4, -0.2) is 57.4 Å². The second kappa shape index (κ2) is 10.3. The molecule has 1 N–H and O–H groups in total. The summed E-state index contributed by atoms with van der Waals surface area (Å²) in [5.41, 5.74) is 6.36. The van der Waals surface area contributed by atoms with Crippen LogP contribution in [-0.2, 0) is 22.5 Å². The summed E-state index contributed by atoms with van der Waals surface area (Å²) >= 11 is 3.50. The van der Waals surface area contributed by atoms with E-state index < -0.39 is 5.60 Å². The first-order chi connectivity index (χ1) is 19.1. The maximum Gasteiger partial charge on any atom is 0.410 e. The molecule has 0 spiro atoms. The van der Waals surface area contributed by atoms with Crippen molar-refractivity contribution in [2.24, 2.45) is 5.92 Å². The Kier molecular flexibility index (Phi) is 6.99. The lowest BCUT2D eigenvalue weighted by Gasteiger charge is -2.27. The van der Waals surface area contributed by atoms with Gasteiger partial charge in [-0.1, -0.05) is 28.1 Å². The molecule has 1 fully saturated rings. The average molecular weight is 609 g/mol. The lowest BCUT2D eigenvalue weighted by atomic mass is 9.85. The minimum Gasteiger partial charge on any atom is -0.488 e. The van der Waals surface area contributed by atoms with E-state index in [1.807, 2.05) is 33.0 Å². The molecule has 8 nitrogen and oxygen atoms in total. The minimum atomic E-state index is -0.579. The number of ether oxygens (including phenoxy) is 3. The number of rotatable bonds is 4. The van der Waals surface area contributed by atoms with Gasteiger partial charge in [-0.25, -0.2) is 9.78 Å². The van der Waals surface area contributed by atoms with Gasteiger partial charge in [-0.2, -0.15) is 0 Å². The van der Waals surface area contributed by atoms with Crippen LogP contribution in [0, 0.1) is 5.92 Å². The number of hydrogen-bond acceptors (Lipinski definition) is 6. The lowest BCUT2D eigenvalue weighted by Crippen LogP contribution is -2.37. The van der Waals surface area contributed by atoms with Crippen LogP contribution >= 0.6 is 15.9 Å². The number of carbonyl (C=O) groups excluding carboxylic acids is 2. The van der Waals surface area contributed by atoms with Crippen LogP contribution in [0.5, 0.6) is 5.75 Å². The molecule has 6 rings (SSSR count). The molecule has 3 heterocycles. The highest BCUT2D eigenvalue weighted by Gasteiger charge is 2.40. The normalized spacial score (nSPS) is 21.9.